The molecule has 0 saturated carbocycles. The van der Waals surface area contributed by atoms with Gasteiger partial charge in [0.05, 0.1) is 7.11 Å². The first kappa shape index (κ1) is 12.7. The van der Waals surface area contributed by atoms with Crippen molar-refractivity contribution in [2.75, 3.05) is 13.7 Å². The Morgan fingerprint density at radius 2 is 2.12 bits per heavy atom. The average Bonchev–Trinajstić information content (AvgIpc) is 2.28. The fraction of sp³-hybridized carbons (Fsp3) is 0.462. The van der Waals surface area contributed by atoms with Gasteiger partial charge in [0.25, 0.3) is 0 Å². The number of carbonyl (C=O) groups excluding carboxylic acids is 1. The van der Waals surface area contributed by atoms with Gasteiger partial charge < -0.3 is 9.47 Å². The molecule has 0 aromatic heterocycles. The summed E-state index contributed by atoms with van der Waals surface area (Å²) >= 11 is 0. The molecule has 1 atom stereocenters. The molecule has 0 aliphatic heterocycles. The van der Waals surface area contributed by atoms with Gasteiger partial charge in [0.2, 0.25) is 0 Å². The lowest BCUT2D eigenvalue weighted by molar-refractivity contribution is 0.0520. The third-order valence-electron chi connectivity index (χ3n) is 2.48. The lowest BCUT2D eigenvalue weighted by Gasteiger charge is -2.12. The molecule has 0 aliphatic rings. The summed E-state index contributed by atoms with van der Waals surface area (Å²) in [4.78, 5) is 12.0. The molecule has 0 amide bonds. The van der Waals surface area contributed by atoms with Gasteiger partial charge in [-0.25, -0.2) is 0 Å². The number of hydrogen-bond donors (Lipinski definition) is 0. The van der Waals surface area contributed by atoms with Crippen LogP contribution >= 0.6 is 0 Å². The average molecular weight is 222 g/mol. The zero-order valence-electron chi connectivity index (χ0n) is 10.2. The number of Topliss-reactive ketones (excluding diaryl/α,β-unsaturated/α-hetero) is 1. The highest BCUT2D eigenvalue weighted by Crippen LogP contribution is 2.18. The zero-order valence-corrected chi connectivity index (χ0v) is 10.2. The molecule has 3 heteroatoms. The molecule has 0 saturated heterocycles. The van der Waals surface area contributed by atoms with Crippen molar-refractivity contribution < 1.29 is 14.3 Å². The Bertz CT molecular complexity index is 371. The van der Waals surface area contributed by atoms with Gasteiger partial charge in [-0.2, -0.15) is 0 Å². The molecule has 0 spiro atoms. The van der Waals surface area contributed by atoms with Crippen LogP contribution in [-0.4, -0.2) is 25.6 Å². The summed E-state index contributed by atoms with van der Waals surface area (Å²) in [6, 6.07) is 5.43. The highest BCUT2D eigenvalue weighted by Gasteiger charge is 2.17. The third kappa shape index (κ3) is 2.83. The number of hydrogen-bond acceptors (Lipinski definition) is 3. The van der Waals surface area contributed by atoms with Gasteiger partial charge in [-0.1, -0.05) is 0 Å². The largest absolute Gasteiger partial charge is 0.497 e. The van der Waals surface area contributed by atoms with Crippen molar-refractivity contribution in [1.29, 1.82) is 0 Å². The van der Waals surface area contributed by atoms with E-state index in [1.165, 1.54) is 0 Å². The van der Waals surface area contributed by atoms with Crippen molar-refractivity contribution in [2.45, 2.75) is 26.9 Å². The molecule has 1 aromatic carbocycles. The monoisotopic (exact) mass is 222 g/mol. The van der Waals surface area contributed by atoms with Gasteiger partial charge in [-0.3, -0.25) is 4.79 Å². The van der Waals surface area contributed by atoms with E-state index >= 15 is 0 Å². The van der Waals surface area contributed by atoms with E-state index < -0.39 is 6.10 Å². The number of rotatable bonds is 5. The number of ether oxygens (including phenoxy) is 2. The molecule has 1 unspecified atom stereocenters. The van der Waals surface area contributed by atoms with Gasteiger partial charge in [0.15, 0.2) is 5.78 Å². The second-order valence-corrected chi connectivity index (χ2v) is 3.64. The van der Waals surface area contributed by atoms with E-state index in [1.807, 2.05) is 19.9 Å². The first-order valence-electron chi connectivity index (χ1n) is 5.40. The quantitative estimate of drug-likeness (QED) is 0.718. The first-order valence-corrected chi connectivity index (χ1v) is 5.40. The lowest BCUT2D eigenvalue weighted by atomic mass is 10.0. The number of benzene rings is 1. The van der Waals surface area contributed by atoms with Gasteiger partial charge in [-0.15, -0.1) is 0 Å². The maximum atomic E-state index is 12.0. The predicted molar refractivity (Wildman–Crippen MR) is 63.1 cm³/mol. The van der Waals surface area contributed by atoms with Crippen LogP contribution in [0.3, 0.4) is 0 Å². The van der Waals surface area contributed by atoms with Crippen molar-refractivity contribution in [3.63, 3.8) is 0 Å². The van der Waals surface area contributed by atoms with Crippen molar-refractivity contribution in [2.24, 2.45) is 0 Å². The molecule has 0 bridgehead atoms. The summed E-state index contributed by atoms with van der Waals surface area (Å²) in [7, 11) is 1.61. The Labute approximate surface area is 96.4 Å². The van der Waals surface area contributed by atoms with Crippen LogP contribution in [0.1, 0.15) is 29.8 Å². The molecule has 16 heavy (non-hydrogen) atoms. The van der Waals surface area contributed by atoms with E-state index in [9.17, 15) is 4.79 Å². The van der Waals surface area contributed by atoms with E-state index in [-0.39, 0.29) is 5.78 Å². The maximum absolute atomic E-state index is 12.0. The SMILES string of the molecule is CCOC(C)C(=O)c1ccc(OC)cc1C. The molecule has 0 aliphatic carbocycles. The molecule has 1 rings (SSSR count). The molecule has 88 valence electrons. The lowest BCUT2D eigenvalue weighted by Crippen LogP contribution is -2.21. The van der Waals surface area contributed by atoms with E-state index in [2.05, 4.69) is 0 Å². The summed E-state index contributed by atoms with van der Waals surface area (Å²) in [5.41, 5.74) is 1.61. The van der Waals surface area contributed by atoms with Gasteiger partial charge in [0.1, 0.15) is 11.9 Å². The summed E-state index contributed by atoms with van der Waals surface area (Å²) in [5, 5.41) is 0. The molecule has 0 heterocycles. The summed E-state index contributed by atoms with van der Waals surface area (Å²) < 4.78 is 10.4. The molecule has 1 aromatic rings. The van der Waals surface area contributed by atoms with Crippen LogP contribution in [0.25, 0.3) is 0 Å². The number of aryl methyl sites for hydroxylation is 1. The normalized spacial score (nSPS) is 12.2. The fourth-order valence-electron chi connectivity index (χ4n) is 1.58. The van der Waals surface area contributed by atoms with E-state index in [1.54, 1.807) is 26.2 Å². The van der Waals surface area contributed by atoms with Crippen molar-refractivity contribution in [1.82, 2.24) is 0 Å². The van der Waals surface area contributed by atoms with E-state index in [4.69, 9.17) is 9.47 Å². The molecule has 3 nitrogen and oxygen atoms in total. The van der Waals surface area contributed by atoms with Crippen molar-refractivity contribution >= 4 is 5.78 Å². The standard InChI is InChI=1S/C13H18O3/c1-5-16-10(3)13(14)12-7-6-11(15-4)8-9(12)2/h6-8,10H,5H2,1-4H3. The molecular formula is C13H18O3. The van der Waals surface area contributed by atoms with Crippen molar-refractivity contribution in [3.8, 4) is 5.75 Å². The number of carbonyl (C=O) groups is 1. The molecule has 0 N–H and O–H groups in total. The highest BCUT2D eigenvalue weighted by molar-refractivity contribution is 6.00. The zero-order chi connectivity index (χ0) is 12.1. The first-order chi connectivity index (χ1) is 7.60. The Kier molecular flexibility index (Phi) is 4.50. The Hall–Kier alpha value is -1.35. The molecular weight excluding hydrogens is 204 g/mol. The summed E-state index contributed by atoms with van der Waals surface area (Å²) in [5.74, 6) is 0.778. The topological polar surface area (TPSA) is 35.5 Å². The van der Waals surface area contributed by atoms with Gasteiger partial charge in [-0.05, 0) is 44.5 Å². The summed E-state index contributed by atoms with van der Waals surface area (Å²) in [6.07, 6.45) is -0.392. The van der Waals surface area contributed by atoms with Crippen molar-refractivity contribution in [3.05, 3.63) is 29.3 Å². The smallest absolute Gasteiger partial charge is 0.191 e. The highest BCUT2D eigenvalue weighted by atomic mass is 16.5. The second kappa shape index (κ2) is 5.66. The third-order valence-corrected chi connectivity index (χ3v) is 2.48. The van der Waals surface area contributed by atoms with Crippen LogP contribution in [0.5, 0.6) is 5.75 Å². The number of methoxy groups -OCH3 is 1. The van der Waals surface area contributed by atoms with Crippen LogP contribution < -0.4 is 4.74 Å². The Balaban J connectivity index is 2.91. The van der Waals surface area contributed by atoms with E-state index in [0.717, 1.165) is 11.3 Å². The molecule has 0 radical (unpaired) electrons. The van der Waals surface area contributed by atoms with Crippen LogP contribution in [0.4, 0.5) is 0 Å². The summed E-state index contributed by atoms with van der Waals surface area (Å²) in [6.45, 7) is 6.09. The fourth-order valence-corrected chi connectivity index (χ4v) is 1.58. The van der Waals surface area contributed by atoms with Crippen LogP contribution in [0.15, 0.2) is 18.2 Å². The predicted octanol–water partition coefficient (Wildman–Crippen LogP) is 2.61. The number of ketones is 1. The van der Waals surface area contributed by atoms with Crippen LogP contribution in [-0.2, 0) is 4.74 Å². The minimum absolute atomic E-state index is 0.0157. The molecule has 0 fully saturated rings. The Morgan fingerprint density at radius 1 is 1.44 bits per heavy atom. The minimum Gasteiger partial charge on any atom is -0.497 e. The maximum Gasteiger partial charge on any atom is 0.191 e. The van der Waals surface area contributed by atoms with E-state index in [0.29, 0.717) is 12.2 Å². The second-order valence-electron chi connectivity index (χ2n) is 3.64. The Morgan fingerprint density at radius 3 is 2.62 bits per heavy atom. The van der Waals surface area contributed by atoms with Gasteiger partial charge in [0, 0.05) is 12.2 Å². The van der Waals surface area contributed by atoms with Crippen LogP contribution in [0, 0.1) is 6.92 Å². The van der Waals surface area contributed by atoms with Crippen LogP contribution in [0.2, 0.25) is 0 Å². The van der Waals surface area contributed by atoms with Gasteiger partial charge >= 0.3 is 0 Å². The minimum atomic E-state index is -0.392.